The highest BCUT2D eigenvalue weighted by molar-refractivity contribution is 9.09. The Hall–Kier alpha value is -1.43. The molecule has 1 heterocycles. The van der Waals surface area contributed by atoms with Crippen molar-refractivity contribution in [2.75, 3.05) is 5.33 Å². The Morgan fingerprint density at radius 2 is 2.06 bits per heavy atom. The van der Waals surface area contributed by atoms with E-state index < -0.39 is 10.5 Å². The van der Waals surface area contributed by atoms with Gasteiger partial charge in [0, 0.05) is 23.9 Å². The number of hydrogen-bond acceptors (Lipinski definition) is 4. The summed E-state index contributed by atoms with van der Waals surface area (Å²) in [5.41, 5.74) is 0.133. The fourth-order valence-corrected chi connectivity index (χ4v) is 2.82. The van der Waals surface area contributed by atoms with Crippen LogP contribution in [0.1, 0.15) is 24.8 Å². The first kappa shape index (κ1) is 13.0. The van der Waals surface area contributed by atoms with Gasteiger partial charge in [-0.25, -0.2) is 0 Å². The van der Waals surface area contributed by atoms with Crippen molar-refractivity contribution in [3.63, 3.8) is 0 Å². The zero-order chi connectivity index (χ0) is 13.2. The van der Waals surface area contributed by atoms with E-state index in [0.29, 0.717) is 11.8 Å². The molecule has 0 saturated carbocycles. The lowest BCUT2D eigenvalue weighted by molar-refractivity contribution is -0.384. The number of esters is 1. The average Bonchev–Trinajstić information content (AvgIpc) is 2.38. The molecule has 1 atom stereocenters. The normalized spacial score (nSPS) is 23.5. The topological polar surface area (TPSA) is 69.4 Å². The molecule has 96 valence electrons. The van der Waals surface area contributed by atoms with Crippen molar-refractivity contribution in [1.82, 2.24) is 0 Å². The number of nitro benzene ring substituents is 1. The van der Waals surface area contributed by atoms with Crippen LogP contribution in [0, 0.1) is 10.1 Å². The average molecular weight is 314 g/mol. The number of ether oxygens (including phenoxy) is 1. The standard InChI is InChI=1S/C12H12BrNO4/c13-8-12(7-1-2-11(15)18-12)9-3-5-10(6-4-9)14(16)17/h3-6H,1-2,7-8H2/t12-/m1/s1. The van der Waals surface area contributed by atoms with Crippen LogP contribution in [0.5, 0.6) is 0 Å². The molecule has 1 saturated heterocycles. The van der Waals surface area contributed by atoms with E-state index in [4.69, 9.17) is 4.74 Å². The maximum absolute atomic E-state index is 11.4. The second-order valence-electron chi connectivity index (χ2n) is 4.26. The zero-order valence-corrected chi connectivity index (χ0v) is 11.2. The Morgan fingerprint density at radius 1 is 1.39 bits per heavy atom. The van der Waals surface area contributed by atoms with Gasteiger partial charge in [0.2, 0.25) is 0 Å². The largest absolute Gasteiger partial charge is 0.453 e. The SMILES string of the molecule is O=C1CCC[C@@](CBr)(c2ccc([N+](=O)[O-])cc2)O1. The summed E-state index contributed by atoms with van der Waals surface area (Å²) in [7, 11) is 0. The van der Waals surface area contributed by atoms with Gasteiger partial charge in [0.15, 0.2) is 0 Å². The number of carbonyl (C=O) groups excluding carboxylic acids is 1. The molecule has 1 aliphatic heterocycles. The molecule has 1 aliphatic rings. The van der Waals surface area contributed by atoms with Crippen molar-refractivity contribution < 1.29 is 14.5 Å². The molecule has 0 unspecified atom stereocenters. The molecule has 1 fully saturated rings. The van der Waals surface area contributed by atoms with Crippen LogP contribution in [-0.4, -0.2) is 16.2 Å². The van der Waals surface area contributed by atoms with Gasteiger partial charge < -0.3 is 4.74 Å². The van der Waals surface area contributed by atoms with E-state index in [1.807, 2.05) is 0 Å². The van der Waals surface area contributed by atoms with Crippen LogP contribution in [-0.2, 0) is 15.1 Å². The van der Waals surface area contributed by atoms with E-state index in [1.165, 1.54) is 12.1 Å². The molecule has 0 aromatic heterocycles. The monoisotopic (exact) mass is 313 g/mol. The summed E-state index contributed by atoms with van der Waals surface area (Å²) >= 11 is 3.37. The molecule has 5 nitrogen and oxygen atoms in total. The maximum atomic E-state index is 11.4. The minimum atomic E-state index is -0.690. The van der Waals surface area contributed by atoms with Gasteiger partial charge in [-0.1, -0.05) is 15.9 Å². The molecule has 0 N–H and O–H groups in total. The van der Waals surface area contributed by atoms with Crippen LogP contribution in [0.25, 0.3) is 0 Å². The summed E-state index contributed by atoms with van der Waals surface area (Å²) in [5.74, 6) is -0.223. The van der Waals surface area contributed by atoms with Gasteiger partial charge in [-0.15, -0.1) is 0 Å². The molecule has 2 rings (SSSR count). The fraction of sp³-hybridized carbons (Fsp3) is 0.417. The third-order valence-electron chi connectivity index (χ3n) is 3.09. The molecule has 0 radical (unpaired) electrons. The molecular weight excluding hydrogens is 302 g/mol. The van der Waals surface area contributed by atoms with Gasteiger partial charge in [0.05, 0.1) is 4.92 Å². The van der Waals surface area contributed by atoms with Crippen LogP contribution < -0.4 is 0 Å². The van der Waals surface area contributed by atoms with E-state index in [1.54, 1.807) is 12.1 Å². The third-order valence-corrected chi connectivity index (χ3v) is 4.00. The highest BCUT2D eigenvalue weighted by Gasteiger charge is 2.38. The second kappa shape index (κ2) is 5.06. The fourth-order valence-electron chi connectivity index (χ4n) is 2.10. The van der Waals surface area contributed by atoms with Crippen molar-refractivity contribution >= 4 is 27.6 Å². The zero-order valence-electron chi connectivity index (χ0n) is 9.60. The minimum absolute atomic E-state index is 0.0330. The molecule has 0 aliphatic carbocycles. The molecule has 0 spiro atoms. The van der Waals surface area contributed by atoms with Crippen LogP contribution in [0.4, 0.5) is 5.69 Å². The number of nitro groups is 1. The van der Waals surface area contributed by atoms with Crippen LogP contribution in [0.15, 0.2) is 24.3 Å². The first-order valence-electron chi connectivity index (χ1n) is 5.60. The van der Waals surface area contributed by atoms with Crippen LogP contribution >= 0.6 is 15.9 Å². The Morgan fingerprint density at radius 3 is 2.56 bits per heavy atom. The summed E-state index contributed by atoms with van der Waals surface area (Å²) in [6.07, 6.45) is 1.92. The summed E-state index contributed by atoms with van der Waals surface area (Å²) in [6.45, 7) is 0. The predicted molar refractivity (Wildman–Crippen MR) is 68.5 cm³/mol. The highest BCUT2D eigenvalue weighted by atomic mass is 79.9. The quantitative estimate of drug-likeness (QED) is 0.372. The number of rotatable bonds is 3. The molecule has 1 aromatic rings. The van der Waals surface area contributed by atoms with Crippen LogP contribution in [0.3, 0.4) is 0 Å². The van der Waals surface area contributed by atoms with E-state index in [0.717, 1.165) is 18.4 Å². The number of alkyl halides is 1. The number of nitrogens with zero attached hydrogens (tertiary/aromatic N) is 1. The summed E-state index contributed by atoms with van der Waals surface area (Å²) < 4.78 is 5.45. The lowest BCUT2D eigenvalue weighted by Crippen LogP contribution is -2.37. The molecular formula is C12H12BrNO4. The van der Waals surface area contributed by atoms with Crippen molar-refractivity contribution in [1.29, 1.82) is 0 Å². The Kier molecular flexibility index (Phi) is 3.65. The number of benzene rings is 1. The van der Waals surface area contributed by atoms with Gasteiger partial charge in [-0.2, -0.15) is 0 Å². The second-order valence-corrected chi connectivity index (χ2v) is 4.82. The van der Waals surface area contributed by atoms with Gasteiger partial charge in [0.1, 0.15) is 5.60 Å². The Balaban J connectivity index is 2.32. The third kappa shape index (κ3) is 2.38. The lowest BCUT2D eigenvalue weighted by Gasteiger charge is -2.35. The van der Waals surface area contributed by atoms with E-state index >= 15 is 0 Å². The number of carbonyl (C=O) groups is 1. The number of hydrogen-bond donors (Lipinski definition) is 0. The highest BCUT2D eigenvalue weighted by Crippen LogP contribution is 2.37. The first-order chi connectivity index (χ1) is 8.57. The van der Waals surface area contributed by atoms with Crippen LogP contribution in [0.2, 0.25) is 0 Å². The molecule has 0 bridgehead atoms. The molecule has 0 amide bonds. The molecule has 6 heteroatoms. The smallest absolute Gasteiger partial charge is 0.306 e. The van der Waals surface area contributed by atoms with Crippen molar-refractivity contribution in [2.24, 2.45) is 0 Å². The summed E-state index contributed by atoms with van der Waals surface area (Å²) in [6, 6.07) is 6.17. The lowest BCUT2D eigenvalue weighted by atomic mass is 9.88. The summed E-state index contributed by atoms with van der Waals surface area (Å²) in [4.78, 5) is 21.6. The first-order valence-corrected chi connectivity index (χ1v) is 6.72. The van der Waals surface area contributed by atoms with Crippen molar-refractivity contribution in [3.8, 4) is 0 Å². The number of cyclic esters (lactones) is 1. The van der Waals surface area contributed by atoms with Crippen molar-refractivity contribution in [2.45, 2.75) is 24.9 Å². The van der Waals surface area contributed by atoms with Gasteiger partial charge in [-0.3, -0.25) is 14.9 Å². The molecule has 1 aromatic carbocycles. The Bertz CT molecular complexity index is 473. The van der Waals surface area contributed by atoms with Gasteiger partial charge >= 0.3 is 5.97 Å². The van der Waals surface area contributed by atoms with Crippen molar-refractivity contribution in [3.05, 3.63) is 39.9 Å². The number of halogens is 1. The van der Waals surface area contributed by atoms with E-state index in [2.05, 4.69) is 15.9 Å². The molecule has 18 heavy (non-hydrogen) atoms. The van der Waals surface area contributed by atoms with E-state index in [9.17, 15) is 14.9 Å². The predicted octanol–water partition coefficient (Wildman–Crippen LogP) is 2.91. The minimum Gasteiger partial charge on any atom is -0.453 e. The van der Waals surface area contributed by atoms with Gasteiger partial charge in [0.25, 0.3) is 5.69 Å². The van der Waals surface area contributed by atoms with Gasteiger partial charge in [-0.05, 0) is 30.5 Å². The van der Waals surface area contributed by atoms with E-state index in [-0.39, 0.29) is 11.7 Å². The maximum Gasteiger partial charge on any atom is 0.306 e. The Labute approximate surface area is 112 Å². The number of non-ortho nitro benzene ring substituents is 1. The summed E-state index contributed by atoms with van der Waals surface area (Å²) in [5, 5.41) is 11.1.